The minimum absolute atomic E-state index is 0.0206. The van der Waals surface area contributed by atoms with E-state index in [1.165, 1.54) is 6.07 Å². The van der Waals surface area contributed by atoms with Gasteiger partial charge in [0.05, 0.1) is 11.1 Å². The molecule has 0 radical (unpaired) electrons. The second-order valence-corrected chi connectivity index (χ2v) is 3.67. The number of hydrogen-bond donors (Lipinski definition) is 2. The zero-order valence-electron chi connectivity index (χ0n) is 7.97. The Morgan fingerprint density at radius 3 is 2.59 bits per heavy atom. The molecule has 0 aliphatic carbocycles. The Balaban J connectivity index is 2.76. The number of benzene rings is 1. The first-order chi connectivity index (χ1) is 7.79. The maximum atomic E-state index is 12.4. The van der Waals surface area contributed by atoms with E-state index in [2.05, 4.69) is 4.98 Å². The van der Waals surface area contributed by atoms with E-state index in [0.29, 0.717) is 0 Å². The van der Waals surface area contributed by atoms with Crippen molar-refractivity contribution in [2.75, 3.05) is 0 Å². The van der Waals surface area contributed by atoms with Crippen molar-refractivity contribution >= 4 is 28.6 Å². The number of imidazole rings is 1. The van der Waals surface area contributed by atoms with Crippen molar-refractivity contribution in [2.24, 2.45) is 0 Å². The van der Waals surface area contributed by atoms with E-state index in [0.717, 1.165) is 6.07 Å². The van der Waals surface area contributed by atoms with Crippen LogP contribution in [0.15, 0.2) is 12.1 Å². The fourth-order valence-electron chi connectivity index (χ4n) is 1.38. The van der Waals surface area contributed by atoms with Crippen LogP contribution >= 0.6 is 11.6 Å². The minimum atomic E-state index is -4.67. The van der Waals surface area contributed by atoms with Crippen molar-refractivity contribution in [3.63, 3.8) is 0 Å². The SMILES string of the molecule is O=C(O)c1cc(Cl)cc2[nH]c(C(F)(F)F)nc12. The molecule has 0 saturated heterocycles. The van der Waals surface area contributed by atoms with Gasteiger partial charge in [0.2, 0.25) is 5.82 Å². The first-order valence-corrected chi connectivity index (χ1v) is 4.66. The normalized spacial score (nSPS) is 12.0. The third-order valence-corrected chi connectivity index (χ3v) is 2.27. The van der Waals surface area contributed by atoms with Crippen LogP contribution in [0.4, 0.5) is 13.2 Å². The molecule has 0 bridgehead atoms. The number of hydrogen-bond acceptors (Lipinski definition) is 2. The van der Waals surface area contributed by atoms with Crippen LogP contribution in [0.1, 0.15) is 16.2 Å². The molecule has 0 aliphatic heterocycles. The smallest absolute Gasteiger partial charge is 0.449 e. The molecule has 0 atom stereocenters. The quantitative estimate of drug-likeness (QED) is 0.832. The molecule has 0 fully saturated rings. The highest BCUT2D eigenvalue weighted by Crippen LogP contribution is 2.30. The third kappa shape index (κ3) is 2.05. The van der Waals surface area contributed by atoms with Crippen LogP contribution in [0.5, 0.6) is 0 Å². The monoisotopic (exact) mass is 264 g/mol. The summed E-state index contributed by atoms with van der Waals surface area (Å²) in [5.41, 5.74) is -0.712. The summed E-state index contributed by atoms with van der Waals surface area (Å²) in [6.45, 7) is 0. The van der Waals surface area contributed by atoms with E-state index in [9.17, 15) is 18.0 Å². The Morgan fingerprint density at radius 2 is 2.06 bits per heavy atom. The number of halogens is 4. The van der Waals surface area contributed by atoms with Gasteiger partial charge in [-0.2, -0.15) is 13.2 Å². The number of nitrogens with one attached hydrogen (secondary N) is 1. The molecule has 8 heteroatoms. The predicted molar refractivity (Wildman–Crippen MR) is 53.1 cm³/mol. The number of aromatic nitrogens is 2. The number of carbonyl (C=O) groups is 1. The highest BCUT2D eigenvalue weighted by atomic mass is 35.5. The molecule has 0 saturated carbocycles. The van der Waals surface area contributed by atoms with Crippen molar-refractivity contribution in [1.82, 2.24) is 9.97 Å². The standard InChI is InChI=1S/C9H4ClF3N2O2/c10-3-1-4(7(16)17)6-5(2-3)14-8(15-6)9(11,12)13/h1-2H,(H,14,15)(H,16,17). The summed E-state index contributed by atoms with van der Waals surface area (Å²) in [7, 11) is 0. The van der Waals surface area contributed by atoms with Gasteiger partial charge in [-0.3, -0.25) is 0 Å². The summed E-state index contributed by atoms with van der Waals surface area (Å²) in [6.07, 6.45) is -4.67. The summed E-state index contributed by atoms with van der Waals surface area (Å²) < 4.78 is 37.2. The van der Waals surface area contributed by atoms with Gasteiger partial charge in [-0.1, -0.05) is 11.6 Å². The second kappa shape index (κ2) is 3.63. The highest BCUT2D eigenvalue weighted by molar-refractivity contribution is 6.31. The molecule has 1 heterocycles. The van der Waals surface area contributed by atoms with Gasteiger partial charge in [0.25, 0.3) is 0 Å². The lowest BCUT2D eigenvalue weighted by molar-refractivity contribution is -0.144. The second-order valence-electron chi connectivity index (χ2n) is 3.24. The molecular formula is C9H4ClF3N2O2. The number of alkyl halides is 3. The fraction of sp³-hybridized carbons (Fsp3) is 0.111. The van der Waals surface area contributed by atoms with Crippen molar-refractivity contribution in [3.8, 4) is 0 Å². The largest absolute Gasteiger partial charge is 0.478 e. The maximum Gasteiger partial charge on any atom is 0.449 e. The highest BCUT2D eigenvalue weighted by Gasteiger charge is 2.35. The van der Waals surface area contributed by atoms with Crippen LogP contribution in [0.25, 0.3) is 11.0 Å². The summed E-state index contributed by atoms with van der Waals surface area (Å²) in [5, 5.41) is 8.85. The van der Waals surface area contributed by atoms with Crippen LogP contribution in [-0.4, -0.2) is 21.0 Å². The molecule has 90 valence electrons. The third-order valence-electron chi connectivity index (χ3n) is 2.05. The van der Waals surface area contributed by atoms with E-state index in [1.54, 1.807) is 0 Å². The summed E-state index contributed by atoms with van der Waals surface area (Å²) in [5.74, 6) is -2.64. The van der Waals surface area contributed by atoms with Gasteiger partial charge >= 0.3 is 12.1 Å². The zero-order chi connectivity index (χ0) is 12.8. The lowest BCUT2D eigenvalue weighted by Gasteiger charge is -1.99. The lowest BCUT2D eigenvalue weighted by atomic mass is 10.2. The average molecular weight is 265 g/mol. The number of fused-ring (bicyclic) bond motifs is 1. The maximum absolute atomic E-state index is 12.4. The average Bonchev–Trinajstić information content (AvgIpc) is 2.58. The molecule has 2 aromatic rings. The van der Waals surface area contributed by atoms with E-state index in [1.807, 2.05) is 4.98 Å². The first-order valence-electron chi connectivity index (χ1n) is 4.29. The summed E-state index contributed by atoms with van der Waals surface area (Å²) in [4.78, 5) is 16.0. The molecule has 1 aromatic heterocycles. The van der Waals surface area contributed by atoms with Crippen LogP contribution in [-0.2, 0) is 6.18 Å². The minimum Gasteiger partial charge on any atom is -0.478 e. The summed E-state index contributed by atoms with van der Waals surface area (Å²) >= 11 is 5.60. The van der Waals surface area contributed by atoms with Crippen LogP contribution in [0.3, 0.4) is 0 Å². The van der Waals surface area contributed by atoms with Gasteiger partial charge in [-0.05, 0) is 12.1 Å². The molecule has 2 N–H and O–H groups in total. The molecular weight excluding hydrogens is 261 g/mol. The van der Waals surface area contributed by atoms with Gasteiger partial charge in [0.1, 0.15) is 5.52 Å². The van der Waals surface area contributed by atoms with Crippen LogP contribution in [0.2, 0.25) is 5.02 Å². The Hall–Kier alpha value is -1.76. The fourth-order valence-corrected chi connectivity index (χ4v) is 1.60. The molecule has 17 heavy (non-hydrogen) atoms. The van der Waals surface area contributed by atoms with E-state index >= 15 is 0 Å². The van der Waals surface area contributed by atoms with Crippen LogP contribution < -0.4 is 0 Å². The molecule has 0 amide bonds. The van der Waals surface area contributed by atoms with Crippen molar-refractivity contribution in [1.29, 1.82) is 0 Å². The first kappa shape index (κ1) is 11.7. The lowest BCUT2D eigenvalue weighted by Crippen LogP contribution is -2.07. The van der Waals surface area contributed by atoms with Gasteiger partial charge in [-0.25, -0.2) is 9.78 Å². The van der Waals surface area contributed by atoms with E-state index in [-0.39, 0.29) is 21.6 Å². The number of carboxylic acid groups (broad SMARTS) is 1. The molecule has 2 rings (SSSR count). The topological polar surface area (TPSA) is 66.0 Å². The van der Waals surface area contributed by atoms with Gasteiger partial charge in [-0.15, -0.1) is 0 Å². The number of H-pyrrole nitrogens is 1. The van der Waals surface area contributed by atoms with Gasteiger partial charge in [0, 0.05) is 5.02 Å². The molecule has 0 spiro atoms. The Bertz CT molecular complexity index is 606. The number of nitrogens with zero attached hydrogens (tertiary/aromatic N) is 1. The molecule has 1 aromatic carbocycles. The Kier molecular flexibility index (Phi) is 2.50. The van der Waals surface area contributed by atoms with Crippen molar-refractivity contribution < 1.29 is 23.1 Å². The summed E-state index contributed by atoms with van der Waals surface area (Å²) in [6, 6.07) is 2.23. The van der Waals surface area contributed by atoms with Crippen molar-refractivity contribution in [2.45, 2.75) is 6.18 Å². The van der Waals surface area contributed by atoms with E-state index in [4.69, 9.17) is 16.7 Å². The van der Waals surface area contributed by atoms with Crippen molar-refractivity contribution in [3.05, 3.63) is 28.5 Å². The molecule has 0 aliphatic rings. The van der Waals surface area contributed by atoms with Crippen LogP contribution in [0, 0.1) is 0 Å². The predicted octanol–water partition coefficient (Wildman–Crippen LogP) is 2.93. The van der Waals surface area contributed by atoms with Gasteiger partial charge in [0.15, 0.2) is 0 Å². The number of aromatic amines is 1. The molecule has 4 nitrogen and oxygen atoms in total. The van der Waals surface area contributed by atoms with E-state index < -0.39 is 18.0 Å². The molecule has 0 unspecified atom stereocenters. The number of carboxylic acids is 1. The Labute approximate surface area is 97.0 Å². The number of rotatable bonds is 1. The Morgan fingerprint density at radius 1 is 1.41 bits per heavy atom. The zero-order valence-corrected chi connectivity index (χ0v) is 8.73. The number of aromatic carboxylic acids is 1. The van der Waals surface area contributed by atoms with Gasteiger partial charge < -0.3 is 10.1 Å².